The quantitative estimate of drug-likeness (QED) is 0.689. The number of amides is 2. The minimum absolute atomic E-state index is 0.195. The van der Waals surface area contributed by atoms with Gasteiger partial charge in [0.1, 0.15) is 5.82 Å². The first-order chi connectivity index (χ1) is 10.4. The maximum absolute atomic E-state index is 12.9. The summed E-state index contributed by atoms with van der Waals surface area (Å²) in [4.78, 5) is 11.7. The molecule has 0 aliphatic carbocycles. The minimum Gasteiger partial charge on any atom is -0.393 e. The maximum Gasteiger partial charge on any atom is 0.314 e. The van der Waals surface area contributed by atoms with Crippen molar-refractivity contribution in [3.63, 3.8) is 0 Å². The molecule has 0 radical (unpaired) electrons. The van der Waals surface area contributed by atoms with Gasteiger partial charge in [0.25, 0.3) is 0 Å². The highest BCUT2D eigenvalue weighted by atomic mass is 19.1. The topological polar surface area (TPSA) is 70.6 Å². The van der Waals surface area contributed by atoms with Crippen LogP contribution in [0.25, 0.3) is 0 Å². The number of ether oxygens (including phenoxy) is 1. The van der Waals surface area contributed by atoms with Gasteiger partial charge in [-0.15, -0.1) is 0 Å². The number of halogens is 1. The third-order valence-electron chi connectivity index (χ3n) is 3.33. The molecule has 2 amide bonds. The molecular weight excluding hydrogens is 287 g/mol. The van der Waals surface area contributed by atoms with Crippen LogP contribution in [0.5, 0.6) is 0 Å². The van der Waals surface area contributed by atoms with Crippen LogP contribution in [-0.4, -0.2) is 37.4 Å². The Bertz CT molecular complexity index is 451. The van der Waals surface area contributed by atoms with Crippen molar-refractivity contribution >= 4 is 6.03 Å². The van der Waals surface area contributed by atoms with Crippen LogP contribution >= 0.6 is 0 Å². The Hall–Kier alpha value is -1.66. The van der Waals surface area contributed by atoms with Gasteiger partial charge in [-0.3, -0.25) is 0 Å². The summed E-state index contributed by atoms with van der Waals surface area (Å²) in [5.41, 5.74) is 0.798. The van der Waals surface area contributed by atoms with Crippen molar-refractivity contribution in [1.82, 2.24) is 10.6 Å². The second-order valence-corrected chi connectivity index (χ2v) is 5.56. The largest absolute Gasteiger partial charge is 0.393 e. The molecule has 1 rings (SSSR count). The molecule has 0 fully saturated rings. The normalized spacial score (nSPS) is 15.0. The van der Waals surface area contributed by atoms with Crippen LogP contribution < -0.4 is 10.6 Å². The number of carbonyl (C=O) groups is 1. The Morgan fingerprint density at radius 1 is 1.23 bits per heavy atom. The van der Waals surface area contributed by atoms with E-state index in [9.17, 15) is 14.3 Å². The molecule has 0 saturated carbocycles. The van der Waals surface area contributed by atoms with Crippen LogP contribution in [-0.2, 0) is 4.74 Å². The summed E-state index contributed by atoms with van der Waals surface area (Å²) < 4.78 is 18.2. The lowest BCUT2D eigenvalue weighted by Crippen LogP contribution is -2.40. The fourth-order valence-electron chi connectivity index (χ4n) is 2.20. The van der Waals surface area contributed by atoms with Crippen LogP contribution in [0.15, 0.2) is 24.3 Å². The first-order valence-corrected chi connectivity index (χ1v) is 7.40. The molecule has 3 atom stereocenters. The molecule has 124 valence electrons. The Morgan fingerprint density at radius 3 is 2.36 bits per heavy atom. The van der Waals surface area contributed by atoms with E-state index in [-0.39, 0.29) is 30.0 Å². The molecule has 0 saturated heterocycles. The number of carbonyl (C=O) groups excluding carboxylic acids is 1. The van der Waals surface area contributed by atoms with Gasteiger partial charge in [-0.05, 0) is 37.0 Å². The molecule has 22 heavy (non-hydrogen) atoms. The molecule has 6 heteroatoms. The summed E-state index contributed by atoms with van der Waals surface area (Å²) in [7, 11) is 1.54. The molecule has 0 bridgehead atoms. The van der Waals surface area contributed by atoms with Crippen LogP contribution in [0.2, 0.25) is 0 Å². The molecule has 0 aliphatic heterocycles. The van der Waals surface area contributed by atoms with E-state index in [0.717, 1.165) is 5.56 Å². The van der Waals surface area contributed by atoms with Gasteiger partial charge >= 0.3 is 6.03 Å². The van der Waals surface area contributed by atoms with E-state index in [0.29, 0.717) is 19.5 Å². The maximum atomic E-state index is 12.9. The molecule has 0 aliphatic rings. The summed E-state index contributed by atoms with van der Waals surface area (Å²) >= 11 is 0. The zero-order valence-electron chi connectivity index (χ0n) is 13.3. The lowest BCUT2D eigenvalue weighted by molar-refractivity contribution is 0.104. The minimum atomic E-state index is -0.379. The van der Waals surface area contributed by atoms with Gasteiger partial charge in [-0.25, -0.2) is 9.18 Å². The molecule has 0 spiro atoms. The van der Waals surface area contributed by atoms with E-state index in [1.54, 1.807) is 19.1 Å². The Kier molecular flexibility index (Phi) is 7.84. The average molecular weight is 312 g/mol. The molecule has 1 aromatic rings. The van der Waals surface area contributed by atoms with E-state index in [1.807, 2.05) is 6.92 Å². The van der Waals surface area contributed by atoms with Gasteiger partial charge in [-0.2, -0.15) is 0 Å². The zero-order valence-corrected chi connectivity index (χ0v) is 13.3. The number of rotatable bonds is 8. The first kappa shape index (κ1) is 18.4. The summed E-state index contributed by atoms with van der Waals surface area (Å²) in [6.07, 6.45) is -0.0752. The lowest BCUT2D eigenvalue weighted by atomic mass is 10.1. The number of aliphatic hydroxyl groups excluding tert-OH is 1. The van der Waals surface area contributed by atoms with E-state index in [4.69, 9.17) is 4.74 Å². The molecule has 3 N–H and O–H groups in total. The standard InChI is InChI=1S/C16H25FN2O3/c1-11(8-12(2)20)9-18-16(21)19-10-15(22-3)13-4-6-14(17)7-5-13/h4-7,11-12,15,20H,8-10H2,1-3H3,(H2,18,19,21). The fourth-order valence-corrected chi connectivity index (χ4v) is 2.20. The Morgan fingerprint density at radius 2 is 1.82 bits per heavy atom. The predicted molar refractivity (Wildman–Crippen MR) is 83.0 cm³/mol. The highest BCUT2D eigenvalue weighted by molar-refractivity contribution is 5.73. The average Bonchev–Trinajstić information content (AvgIpc) is 2.46. The molecule has 5 nitrogen and oxygen atoms in total. The van der Waals surface area contributed by atoms with Crippen molar-refractivity contribution in [3.05, 3.63) is 35.6 Å². The second kappa shape index (κ2) is 9.38. The van der Waals surface area contributed by atoms with Gasteiger partial charge in [0.15, 0.2) is 0 Å². The number of methoxy groups -OCH3 is 1. The third-order valence-corrected chi connectivity index (χ3v) is 3.33. The highest BCUT2D eigenvalue weighted by Crippen LogP contribution is 2.16. The number of aliphatic hydroxyl groups is 1. The summed E-state index contributed by atoms with van der Waals surface area (Å²) in [5, 5.41) is 14.7. The first-order valence-electron chi connectivity index (χ1n) is 7.40. The zero-order chi connectivity index (χ0) is 16.5. The van der Waals surface area contributed by atoms with Gasteiger partial charge in [0.05, 0.1) is 12.2 Å². The number of nitrogens with one attached hydrogen (secondary N) is 2. The Balaban J connectivity index is 2.36. The number of benzene rings is 1. The van der Waals surface area contributed by atoms with Crippen LogP contribution in [0, 0.1) is 11.7 Å². The van der Waals surface area contributed by atoms with E-state index in [1.165, 1.54) is 19.2 Å². The smallest absolute Gasteiger partial charge is 0.314 e. The van der Waals surface area contributed by atoms with Crippen molar-refractivity contribution in [3.8, 4) is 0 Å². The van der Waals surface area contributed by atoms with Gasteiger partial charge in [0.2, 0.25) is 0 Å². The van der Waals surface area contributed by atoms with E-state index < -0.39 is 0 Å². The number of urea groups is 1. The van der Waals surface area contributed by atoms with E-state index >= 15 is 0 Å². The van der Waals surface area contributed by atoms with Crippen molar-refractivity contribution in [2.75, 3.05) is 20.2 Å². The van der Waals surface area contributed by atoms with Crippen molar-refractivity contribution < 1.29 is 19.0 Å². The van der Waals surface area contributed by atoms with Crippen molar-refractivity contribution in [2.24, 2.45) is 5.92 Å². The summed E-state index contributed by atoms with van der Waals surface area (Å²) in [6.45, 7) is 4.47. The highest BCUT2D eigenvalue weighted by Gasteiger charge is 2.13. The van der Waals surface area contributed by atoms with Gasteiger partial charge < -0.3 is 20.5 Å². The SMILES string of the molecule is COC(CNC(=O)NCC(C)CC(C)O)c1ccc(F)cc1. The van der Waals surface area contributed by atoms with E-state index in [2.05, 4.69) is 10.6 Å². The fraction of sp³-hybridized carbons (Fsp3) is 0.562. The molecule has 3 unspecified atom stereocenters. The summed E-state index contributed by atoms with van der Waals surface area (Å²) in [6, 6.07) is 5.70. The molecule has 0 heterocycles. The third kappa shape index (κ3) is 6.87. The predicted octanol–water partition coefficient (Wildman–Crippen LogP) is 2.22. The van der Waals surface area contributed by atoms with Crippen molar-refractivity contribution in [1.29, 1.82) is 0 Å². The monoisotopic (exact) mass is 312 g/mol. The Labute approximate surface area is 130 Å². The lowest BCUT2D eigenvalue weighted by Gasteiger charge is -2.18. The van der Waals surface area contributed by atoms with Crippen molar-refractivity contribution in [2.45, 2.75) is 32.5 Å². The number of hydrogen-bond donors (Lipinski definition) is 3. The molecular formula is C16H25FN2O3. The van der Waals surface area contributed by atoms with Gasteiger partial charge in [0, 0.05) is 20.2 Å². The summed E-state index contributed by atoms with van der Waals surface area (Å²) in [5.74, 6) is -0.113. The molecule has 0 aromatic heterocycles. The number of hydrogen-bond acceptors (Lipinski definition) is 3. The van der Waals surface area contributed by atoms with Crippen LogP contribution in [0.4, 0.5) is 9.18 Å². The second-order valence-electron chi connectivity index (χ2n) is 5.56. The van der Waals surface area contributed by atoms with Crippen LogP contribution in [0.1, 0.15) is 31.9 Å². The van der Waals surface area contributed by atoms with Gasteiger partial charge in [-0.1, -0.05) is 19.1 Å². The van der Waals surface area contributed by atoms with Crippen LogP contribution in [0.3, 0.4) is 0 Å². The molecule has 1 aromatic carbocycles.